The molecule has 0 radical (unpaired) electrons. The van der Waals surface area contributed by atoms with E-state index in [-0.39, 0.29) is 17.4 Å². The number of nitrogens with two attached hydrogens (primary N) is 1. The summed E-state index contributed by atoms with van der Waals surface area (Å²) in [7, 11) is 0. The van der Waals surface area contributed by atoms with Crippen LogP contribution >= 0.6 is 0 Å². The van der Waals surface area contributed by atoms with Crippen molar-refractivity contribution in [3.05, 3.63) is 0 Å². The van der Waals surface area contributed by atoms with Crippen LogP contribution in [0.1, 0.15) is 39.5 Å². The largest absolute Gasteiger partial charge is 0.381 e. The molecular formula is C12H24N2O2. The summed E-state index contributed by atoms with van der Waals surface area (Å²) in [5.74, 6) is 0.256. The van der Waals surface area contributed by atoms with Crippen LogP contribution in [0.4, 0.5) is 0 Å². The van der Waals surface area contributed by atoms with Gasteiger partial charge in [0, 0.05) is 31.2 Å². The fourth-order valence-electron chi connectivity index (χ4n) is 1.87. The summed E-state index contributed by atoms with van der Waals surface area (Å²) in [5.41, 5.74) is 5.89. The van der Waals surface area contributed by atoms with Crippen LogP contribution in [-0.2, 0) is 9.53 Å². The molecule has 3 N–H and O–H groups in total. The minimum atomic E-state index is -0.249. The van der Waals surface area contributed by atoms with Gasteiger partial charge >= 0.3 is 0 Å². The van der Waals surface area contributed by atoms with Crippen molar-refractivity contribution in [3.8, 4) is 0 Å². The Labute approximate surface area is 97.9 Å². The minimum absolute atomic E-state index is 0.117. The molecule has 1 fully saturated rings. The predicted octanol–water partition coefficient (Wildman–Crippen LogP) is 1.05. The lowest BCUT2D eigenvalue weighted by Crippen LogP contribution is -2.50. The van der Waals surface area contributed by atoms with Gasteiger partial charge in [0.25, 0.3) is 0 Å². The molecule has 1 saturated heterocycles. The zero-order chi connectivity index (χ0) is 12.0. The van der Waals surface area contributed by atoms with Gasteiger partial charge in [-0.3, -0.25) is 4.79 Å². The molecule has 1 heterocycles. The van der Waals surface area contributed by atoms with E-state index < -0.39 is 0 Å². The van der Waals surface area contributed by atoms with Crippen LogP contribution < -0.4 is 11.1 Å². The highest BCUT2D eigenvalue weighted by molar-refractivity contribution is 5.78. The maximum atomic E-state index is 11.9. The fourth-order valence-corrected chi connectivity index (χ4v) is 1.87. The number of rotatable bonds is 5. The van der Waals surface area contributed by atoms with Crippen LogP contribution in [0, 0.1) is 5.92 Å². The Balaban J connectivity index is 2.33. The highest BCUT2D eigenvalue weighted by atomic mass is 16.5. The Morgan fingerprint density at radius 1 is 1.38 bits per heavy atom. The van der Waals surface area contributed by atoms with Gasteiger partial charge in [0.1, 0.15) is 0 Å². The van der Waals surface area contributed by atoms with Crippen LogP contribution in [0.3, 0.4) is 0 Å². The number of nitrogens with one attached hydrogen (secondary N) is 1. The number of ether oxygens (including phenoxy) is 1. The summed E-state index contributed by atoms with van der Waals surface area (Å²) in [6.45, 7) is 6.10. The van der Waals surface area contributed by atoms with E-state index in [1.807, 2.05) is 0 Å². The first-order valence-electron chi connectivity index (χ1n) is 6.25. The van der Waals surface area contributed by atoms with E-state index in [4.69, 9.17) is 10.5 Å². The van der Waals surface area contributed by atoms with Crippen LogP contribution in [0.5, 0.6) is 0 Å². The van der Waals surface area contributed by atoms with Gasteiger partial charge in [0.15, 0.2) is 0 Å². The Kier molecular flexibility index (Phi) is 5.22. The zero-order valence-electron chi connectivity index (χ0n) is 10.4. The van der Waals surface area contributed by atoms with E-state index in [1.165, 1.54) is 0 Å². The van der Waals surface area contributed by atoms with E-state index in [0.717, 1.165) is 25.7 Å². The van der Waals surface area contributed by atoms with E-state index in [0.29, 0.717) is 19.8 Å². The number of hydrogen-bond acceptors (Lipinski definition) is 3. The van der Waals surface area contributed by atoms with Crippen molar-refractivity contribution in [2.45, 2.75) is 45.1 Å². The van der Waals surface area contributed by atoms with Crippen molar-refractivity contribution in [1.82, 2.24) is 5.32 Å². The second-order valence-corrected chi connectivity index (χ2v) is 4.67. The smallest absolute Gasteiger partial charge is 0.223 e. The summed E-state index contributed by atoms with van der Waals surface area (Å²) in [4.78, 5) is 11.9. The SMILES string of the molecule is CCC(N)(CC)CNC(=O)C1CCOCC1. The summed E-state index contributed by atoms with van der Waals surface area (Å²) in [5, 5.41) is 2.98. The molecule has 0 aromatic rings. The standard InChI is InChI=1S/C12H24N2O2/c1-3-12(13,4-2)9-14-11(15)10-5-7-16-8-6-10/h10H,3-9,13H2,1-2H3,(H,14,15). The number of carbonyl (C=O) groups is 1. The normalized spacial score (nSPS) is 18.4. The first kappa shape index (κ1) is 13.5. The fraction of sp³-hybridized carbons (Fsp3) is 0.917. The molecule has 0 bridgehead atoms. The van der Waals surface area contributed by atoms with E-state index in [9.17, 15) is 4.79 Å². The molecule has 0 aliphatic carbocycles. The van der Waals surface area contributed by atoms with Crippen molar-refractivity contribution < 1.29 is 9.53 Å². The molecule has 0 saturated carbocycles. The summed E-state index contributed by atoms with van der Waals surface area (Å²) >= 11 is 0. The lowest BCUT2D eigenvalue weighted by molar-refractivity contribution is -0.128. The molecule has 1 rings (SSSR count). The molecule has 0 unspecified atom stereocenters. The first-order valence-corrected chi connectivity index (χ1v) is 6.25. The van der Waals surface area contributed by atoms with Gasteiger partial charge in [-0.2, -0.15) is 0 Å². The molecule has 16 heavy (non-hydrogen) atoms. The van der Waals surface area contributed by atoms with Crippen molar-refractivity contribution >= 4 is 5.91 Å². The van der Waals surface area contributed by atoms with E-state index in [2.05, 4.69) is 19.2 Å². The van der Waals surface area contributed by atoms with Crippen LogP contribution in [-0.4, -0.2) is 31.2 Å². The van der Waals surface area contributed by atoms with Gasteiger partial charge in [0.2, 0.25) is 5.91 Å². The lowest BCUT2D eigenvalue weighted by atomic mass is 9.93. The maximum absolute atomic E-state index is 11.9. The summed E-state index contributed by atoms with van der Waals surface area (Å²) < 4.78 is 5.23. The third kappa shape index (κ3) is 3.76. The summed E-state index contributed by atoms with van der Waals surface area (Å²) in [6, 6.07) is 0. The molecule has 0 spiro atoms. The quantitative estimate of drug-likeness (QED) is 0.739. The van der Waals surface area contributed by atoms with Crippen LogP contribution in [0.2, 0.25) is 0 Å². The Hall–Kier alpha value is -0.610. The van der Waals surface area contributed by atoms with Crippen molar-refractivity contribution in [1.29, 1.82) is 0 Å². The van der Waals surface area contributed by atoms with Crippen molar-refractivity contribution in [2.24, 2.45) is 11.7 Å². The van der Waals surface area contributed by atoms with Gasteiger partial charge in [-0.15, -0.1) is 0 Å². The van der Waals surface area contributed by atoms with Crippen LogP contribution in [0.25, 0.3) is 0 Å². The maximum Gasteiger partial charge on any atom is 0.223 e. The van der Waals surface area contributed by atoms with Crippen molar-refractivity contribution in [2.75, 3.05) is 19.8 Å². The molecule has 4 nitrogen and oxygen atoms in total. The van der Waals surface area contributed by atoms with Crippen LogP contribution in [0.15, 0.2) is 0 Å². The van der Waals surface area contributed by atoms with Gasteiger partial charge in [0.05, 0.1) is 0 Å². The third-order valence-corrected chi connectivity index (χ3v) is 3.62. The Morgan fingerprint density at radius 3 is 2.44 bits per heavy atom. The third-order valence-electron chi connectivity index (χ3n) is 3.62. The van der Waals surface area contributed by atoms with Gasteiger partial charge in [-0.25, -0.2) is 0 Å². The molecule has 0 aromatic heterocycles. The molecule has 1 amide bonds. The van der Waals surface area contributed by atoms with E-state index >= 15 is 0 Å². The van der Waals surface area contributed by atoms with Gasteiger partial charge in [-0.05, 0) is 25.7 Å². The highest BCUT2D eigenvalue weighted by Gasteiger charge is 2.25. The topological polar surface area (TPSA) is 64.3 Å². The number of hydrogen-bond donors (Lipinski definition) is 2. The second kappa shape index (κ2) is 6.21. The van der Waals surface area contributed by atoms with E-state index in [1.54, 1.807) is 0 Å². The Bertz CT molecular complexity index is 221. The molecule has 1 aliphatic heterocycles. The first-order chi connectivity index (χ1) is 7.61. The molecule has 4 heteroatoms. The predicted molar refractivity (Wildman–Crippen MR) is 64.1 cm³/mol. The van der Waals surface area contributed by atoms with Gasteiger partial charge < -0.3 is 15.8 Å². The lowest BCUT2D eigenvalue weighted by Gasteiger charge is -2.28. The zero-order valence-corrected chi connectivity index (χ0v) is 10.4. The molecule has 0 aromatic carbocycles. The summed E-state index contributed by atoms with van der Waals surface area (Å²) in [6.07, 6.45) is 3.44. The Morgan fingerprint density at radius 2 is 1.94 bits per heavy atom. The highest BCUT2D eigenvalue weighted by Crippen LogP contribution is 2.15. The molecule has 1 aliphatic rings. The molecular weight excluding hydrogens is 204 g/mol. The number of amides is 1. The average molecular weight is 228 g/mol. The van der Waals surface area contributed by atoms with Crippen molar-refractivity contribution in [3.63, 3.8) is 0 Å². The monoisotopic (exact) mass is 228 g/mol. The molecule has 94 valence electrons. The minimum Gasteiger partial charge on any atom is -0.381 e. The average Bonchev–Trinajstić information content (AvgIpc) is 2.36. The van der Waals surface area contributed by atoms with Gasteiger partial charge in [-0.1, -0.05) is 13.8 Å². The number of carbonyl (C=O) groups excluding carboxylic acids is 1. The molecule has 0 atom stereocenters. The second-order valence-electron chi connectivity index (χ2n) is 4.67.